The number of H-pyrrole nitrogens is 1. The second kappa shape index (κ2) is 5.97. The molecule has 1 aliphatic heterocycles. The minimum Gasteiger partial charge on any atom is -0.366 e. The molecule has 0 saturated carbocycles. The first kappa shape index (κ1) is 14.2. The fourth-order valence-electron chi connectivity index (χ4n) is 3.33. The average Bonchev–Trinajstić information content (AvgIpc) is 3.31. The second-order valence-corrected chi connectivity index (χ2v) is 6.03. The van der Waals surface area contributed by atoms with Crippen LogP contribution < -0.4 is 5.32 Å². The number of nitriles is 1. The fourth-order valence-corrected chi connectivity index (χ4v) is 3.33. The molecule has 0 spiro atoms. The van der Waals surface area contributed by atoms with E-state index in [1.165, 1.54) is 11.9 Å². The standard InChI is InChI=1S/C16H18N6O/c17-7-11-6-10-2-1-3-13(10)21-15(11)18-8-12-4-5-14(23-12)16-19-9-20-22-16/h6,9,12,14H,1-5,8H2,(H,18,21)(H,19,20,22)/t12-,14+/m1/s1. The van der Waals surface area contributed by atoms with Crippen molar-refractivity contribution in [3.05, 3.63) is 35.0 Å². The zero-order valence-corrected chi connectivity index (χ0v) is 12.7. The molecule has 7 heteroatoms. The first-order chi connectivity index (χ1) is 11.3. The highest BCUT2D eigenvalue weighted by atomic mass is 16.5. The molecule has 0 bridgehead atoms. The third-order valence-corrected chi connectivity index (χ3v) is 4.51. The maximum absolute atomic E-state index is 9.33. The summed E-state index contributed by atoms with van der Waals surface area (Å²) in [4.78, 5) is 8.79. The van der Waals surface area contributed by atoms with E-state index in [-0.39, 0.29) is 12.2 Å². The number of ether oxygens (including phenoxy) is 1. The maximum Gasteiger partial charge on any atom is 0.153 e. The molecule has 0 aromatic carbocycles. The van der Waals surface area contributed by atoms with Gasteiger partial charge >= 0.3 is 0 Å². The molecule has 1 saturated heterocycles. The summed E-state index contributed by atoms with van der Waals surface area (Å²) in [5.74, 6) is 1.46. The SMILES string of the molecule is N#Cc1cc2c(nc1NC[C@H]1CC[C@@H](c3ncn[nH]3)O1)CCC2. The average molecular weight is 310 g/mol. The second-order valence-electron chi connectivity index (χ2n) is 6.03. The van der Waals surface area contributed by atoms with Crippen molar-refractivity contribution < 1.29 is 4.74 Å². The largest absolute Gasteiger partial charge is 0.366 e. The monoisotopic (exact) mass is 310 g/mol. The Bertz CT molecular complexity index is 736. The van der Waals surface area contributed by atoms with Crippen molar-refractivity contribution in [2.45, 2.75) is 44.3 Å². The zero-order chi connectivity index (χ0) is 15.6. The van der Waals surface area contributed by atoms with Gasteiger partial charge in [0, 0.05) is 12.2 Å². The summed E-state index contributed by atoms with van der Waals surface area (Å²) in [7, 11) is 0. The van der Waals surface area contributed by atoms with E-state index in [0.717, 1.165) is 43.6 Å². The van der Waals surface area contributed by atoms with Gasteiger partial charge in [-0.05, 0) is 43.7 Å². The van der Waals surface area contributed by atoms with E-state index in [0.29, 0.717) is 17.9 Å². The van der Waals surface area contributed by atoms with Crippen molar-refractivity contribution in [3.8, 4) is 6.07 Å². The van der Waals surface area contributed by atoms with Crippen LogP contribution in [-0.2, 0) is 17.6 Å². The van der Waals surface area contributed by atoms with Gasteiger partial charge in [0.25, 0.3) is 0 Å². The van der Waals surface area contributed by atoms with E-state index < -0.39 is 0 Å². The van der Waals surface area contributed by atoms with Crippen LogP contribution in [-0.4, -0.2) is 32.8 Å². The van der Waals surface area contributed by atoms with Crippen LogP contribution in [0.25, 0.3) is 0 Å². The minimum absolute atomic E-state index is 0.0206. The molecule has 3 heterocycles. The minimum atomic E-state index is -0.0206. The number of pyridine rings is 1. The highest BCUT2D eigenvalue weighted by Crippen LogP contribution is 2.31. The lowest BCUT2D eigenvalue weighted by Gasteiger charge is -2.15. The number of nitrogens with one attached hydrogen (secondary N) is 2. The first-order valence-corrected chi connectivity index (χ1v) is 8.01. The van der Waals surface area contributed by atoms with Gasteiger partial charge in [-0.3, -0.25) is 5.10 Å². The lowest BCUT2D eigenvalue weighted by atomic mass is 10.1. The number of fused-ring (bicyclic) bond motifs is 1. The van der Waals surface area contributed by atoms with Gasteiger partial charge in [0.1, 0.15) is 24.3 Å². The predicted octanol–water partition coefficient (Wildman–Crippen LogP) is 1.89. The lowest BCUT2D eigenvalue weighted by molar-refractivity contribution is 0.0472. The molecule has 1 fully saturated rings. The number of anilines is 1. The first-order valence-electron chi connectivity index (χ1n) is 8.01. The Morgan fingerprint density at radius 3 is 3.17 bits per heavy atom. The summed E-state index contributed by atoms with van der Waals surface area (Å²) in [6.45, 7) is 0.644. The molecule has 2 aliphatic rings. The molecule has 4 rings (SSSR count). The Kier molecular flexibility index (Phi) is 3.67. The number of aromatic nitrogens is 4. The lowest BCUT2D eigenvalue weighted by Crippen LogP contribution is -2.20. The summed E-state index contributed by atoms with van der Waals surface area (Å²) in [6, 6.07) is 4.22. The Hall–Kier alpha value is -2.46. The molecule has 0 unspecified atom stereocenters. The molecule has 7 nitrogen and oxygen atoms in total. The van der Waals surface area contributed by atoms with Gasteiger partial charge in [0.15, 0.2) is 5.82 Å². The Labute approximate surface area is 134 Å². The van der Waals surface area contributed by atoms with Gasteiger partial charge in [-0.1, -0.05) is 0 Å². The summed E-state index contributed by atoms with van der Waals surface area (Å²) >= 11 is 0. The van der Waals surface area contributed by atoms with Gasteiger partial charge < -0.3 is 10.1 Å². The van der Waals surface area contributed by atoms with E-state index >= 15 is 0 Å². The maximum atomic E-state index is 9.33. The summed E-state index contributed by atoms with van der Waals surface area (Å²) in [6.07, 6.45) is 6.60. The van der Waals surface area contributed by atoms with E-state index in [1.54, 1.807) is 0 Å². The number of rotatable bonds is 4. The molecule has 2 aromatic heterocycles. The van der Waals surface area contributed by atoms with Crippen LogP contribution in [0.4, 0.5) is 5.82 Å². The third-order valence-electron chi connectivity index (χ3n) is 4.51. The smallest absolute Gasteiger partial charge is 0.153 e. The van der Waals surface area contributed by atoms with Crippen molar-refractivity contribution in [2.24, 2.45) is 0 Å². The molecule has 118 valence electrons. The number of hydrogen-bond donors (Lipinski definition) is 2. The highest BCUT2D eigenvalue weighted by Gasteiger charge is 2.28. The molecule has 2 N–H and O–H groups in total. The van der Waals surface area contributed by atoms with Crippen LogP contribution in [0.3, 0.4) is 0 Å². The third kappa shape index (κ3) is 2.78. The van der Waals surface area contributed by atoms with Gasteiger partial charge in [-0.15, -0.1) is 0 Å². The molecule has 2 atom stereocenters. The van der Waals surface area contributed by atoms with Crippen LogP contribution in [0, 0.1) is 11.3 Å². The number of aryl methyl sites for hydroxylation is 2. The number of aromatic amines is 1. The van der Waals surface area contributed by atoms with Crippen molar-refractivity contribution in [1.29, 1.82) is 5.26 Å². The molecule has 0 amide bonds. The molecular weight excluding hydrogens is 292 g/mol. The van der Waals surface area contributed by atoms with Gasteiger partial charge in [0.05, 0.1) is 11.7 Å². The topological polar surface area (TPSA) is 99.5 Å². The molecular formula is C16H18N6O. The van der Waals surface area contributed by atoms with Gasteiger partial charge in [0.2, 0.25) is 0 Å². The summed E-state index contributed by atoms with van der Waals surface area (Å²) < 4.78 is 5.99. The quantitative estimate of drug-likeness (QED) is 0.894. The van der Waals surface area contributed by atoms with Gasteiger partial charge in [-0.2, -0.15) is 10.4 Å². The normalized spacial score (nSPS) is 22.7. The number of nitrogens with zero attached hydrogens (tertiary/aromatic N) is 4. The molecule has 23 heavy (non-hydrogen) atoms. The van der Waals surface area contributed by atoms with E-state index in [2.05, 4.69) is 31.6 Å². The predicted molar refractivity (Wildman–Crippen MR) is 82.7 cm³/mol. The Morgan fingerprint density at radius 1 is 1.39 bits per heavy atom. The Balaban J connectivity index is 1.41. The van der Waals surface area contributed by atoms with E-state index in [9.17, 15) is 5.26 Å². The Morgan fingerprint density at radius 2 is 2.35 bits per heavy atom. The summed E-state index contributed by atoms with van der Waals surface area (Å²) in [5.41, 5.74) is 2.96. The highest BCUT2D eigenvalue weighted by molar-refractivity contribution is 5.55. The van der Waals surface area contributed by atoms with Crippen LogP contribution in [0.1, 0.15) is 48.0 Å². The number of hydrogen-bond acceptors (Lipinski definition) is 6. The van der Waals surface area contributed by atoms with Crippen molar-refractivity contribution >= 4 is 5.82 Å². The molecule has 1 aliphatic carbocycles. The van der Waals surface area contributed by atoms with E-state index in [4.69, 9.17) is 4.74 Å². The van der Waals surface area contributed by atoms with Crippen molar-refractivity contribution in [1.82, 2.24) is 20.2 Å². The van der Waals surface area contributed by atoms with Crippen molar-refractivity contribution in [2.75, 3.05) is 11.9 Å². The van der Waals surface area contributed by atoms with E-state index in [1.807, 2.05) is 6.07 Å². The summed E-state index contributed by atoms with van der Waals surface area (Å²) in [5, 5.41) is 19.3. The van der Waals surface area contributed by atoms with Crippen molar-refractivity contribution in [3.63, 3.8) is 0 Å². The van der Waals surface area contributed by atoms with Gasteiger partial charge in [-0.25, -0.2) is 9.97 Å². The van der Waals surface area contributed by atoms with Crippen LogP contribution in [0.2, 0.25) is 0 Å². The zero-order valence-electron chi connectivity index (χ0n) is 12.7. The van der Waals surface area contributed by atoms with Crippen LogP contribution >= 0.6 is 0 Å². The molecule has 0 radical (unpaired) electrons. The van der Waals surface area contributed by atoms with Crippen LogP contribution in [0.15, 0.2) is 12.4 Å². The van der Waals surface area contributed by atoms with Crippen LogP contribution in [0.5, 0.6) is 0 Å². The molecule has 2 aromatic rings. The fraction of sp³-hybridized carbons (Fsp3) is 0.500.